The third-order valence-corrected chi connectivity index (χ3v) is 6.71. The zero-order valence-electron chi connectivity index (χ0n) is 10.7. The lowest BCUT2D eigenvalue weighted by Gasteiger charge is -2.73. The average Bonchev–Trinajstić information content (AvgIpc) is 2.76. The van der Waals surface area contributed by atoms with E-state index in [-0.39, 0.29) is 5.97 Å². The standard InChI is InChI=1S/C15H22O2/c1-2-13(16)17-4-3-14-7-10-5-11-6-12(9-14)15(11,14)8-10/h10-12H,2-9H2,1H3/t10?,11?,12-,14?,15?/m0/s1. The molecular weight excluding hydrogens is 212 g/mol. The van der Waals surface area contributed by atoms with Crippen molar-refractivity contribution in [2.75, 3.05) is 6.61 Å². The Labute approximate surface area is 103 Å². The summed E-state index contributed by atoms with van der Waals surface area (Å²) in [5, 5.41) is 0. The number of carbonyl (C=O) groups is 1. The Balaban J connectivity index is 1.44. The van der Waals surface area contributed by atoms with Gasteiger partial charge in [0.1, 0.15) is 0 Å². The van der Waals surface area contributed by atoms with E-state index < -0.39 is 0 Å². The summed E-state index contributed by atoms with van der Waals surface area (Å²) in [5.74, 6) is 3.11. The van der Waals surface area contributed by atoms with Gasteiger partial charge in [-0.3, -0.25) is 4.79 Å². The van der Waals surface area contributed by atoms with Crippen LogP contribution in [0.15, 0.2) is 0 Å². The average molecular weight is 234 g/mol. The van der Waals surface area contributed by atoms with Gasteiger partial charge >= 0.3 is 5.97 Å². The van der Waals surface area contributed by atoms with Crippen molar-refractivity contribution in [1.29, 1.82) is 0 Å². The maximum Gasteiger partial charge on any atom is 0.305 e. The molecule has 1 spiro atoms. The van der Waals surface area contributed by atoms with Gasteiger partial charge in [0.15, 0.2) is 0 Å². The molecule has 0 aromatic heterocycles. The van der Waals surface area contributed by atoms with Gasteiger partial charge in [0, 0.05) is 6.42 Å². The van der Waals surface area contributed by atoms with Gasteiger partial charge in [-0.05, 0) is 67.1 Å². The van der Waals surface area contributed by atoms with E-state index >= 15 is 0 Å². The molecule has 0 aliphatic heterocycles. The molecule has 17 heavy (non-hydrogen) atoms. The summed E-state index contributed by atoms with van der Waals surface area (Å²) in [6.07, 6.45) is 9.13. The lowest BCUT2D eigenvalue weighted by molar-refractivity contribution is -0.250. The summed E-state index contributed by atoms with van der Waals surface area (Å²) < 4.78 is 5.32. The van der Waals surface area contributed by atoms with Crippen LogP contribution in [-0.2, 0) is 9.53 Å². The molecule has 4 fully saturated rings. The predicted octanol–water partition coefficient (Wildman–Crippen LogP) is 3.16. The topological polar surface area (TPSA) is 26.3 Å². The minimum Gasteiger partial charge on any atom is -0.466 e. The molecule has 2 bridgehead atoms. The minimum absolute atomic E-state index is 0.0249. The SMILES string of the molecule is CCC(=O)OCCC12CC3CC4C[C@@H](C1)C42C3. The van der Waals surface area contributed by atoms with Gasteiger partial charge in [0.25, 0.3) is 0 Å². The maximum atomic E-state index is 11.2. The van der Waals surface area contributed by atoms with E-state index in [1.165, 1.54) is 32.1 Å². The normalized spacial score (nSPS) is 52.6. The smallest absolute Gasteiger partial charge is 0.305 e. The number of carbonyl (C=O) groups excluding carboxylic acids is 1. The number of rotatable bonds is 4. The lowest BCUT2D eigenvalue weighted by atomic mass is 9.31. The van der Waals surface area contributed by atoms with E-state index in [0.717, 1.165) is 29.6 Å². The second-order valence-electron chi connectivity index (χ2n) is 6.99. The highest BCUT2D eigenvalue weighted by Gasteiger charge is 2.79. The van der Waals surface area contributed by atoms with Gasteiger partial charge in [0.05, 0.1) is 6.61 Å². The van der Waals surface area contributed by atoms with E-state index in [1.807, 2.05) is 6.92 Å². The largest absolute Gasteiger partial charge is 0.466 e. The molecule has 4 aliphatic carbocycles. The fourth-order valence-electron chi connectivity index (χ4n) is 6.30. The van der Waals surface area contributed by atoms with E-state index in [0.29, 0.717) is 18.4 Å². The first-order valence-corrected chi connectivity index (χ1v) is 7.36. The van der Waals surface area contributed by atoms with Crippen LogP contribution in [0.1, 0.15) is 51.9 Å². The molecular formula is C15H22O2. The van der Waals surface area contributed by atoms with Crippen LogP contribution in [-0.4, -0.2) is 12.6 Å². The van der Waals surface area contributed by atoms with Gasteiger partial charge in [-0.15, -0.1) is 0 Å². The fraction of sp³-hybridized carbons (Fsp3) is 0.933. The van der Waals surface area contributed by atoms with Gasteiger partial charge in [0.2, 0.25) is 0 Å². The molecule has 5 atom stereocenters. The Morgan fingerprint density at radius 2 is 2.12 bits per heavy atom. The van der Waals surface area contributed by atoms with Gasteiger partial charge in [-0.2, -0.15) is 0 Å². The zero-order chi connectivity index (χ0) is 11.7. The van der Waals surface area contributed by atoms with Crippen molar-refractivity contribution in [3.05, 3.63) is 0 Å². The maximum absolute atomic E-state index is 11.2. The van der Waals surface area contributed by atoms with Crippen molar-refractivity contribution in [3.63, 3.8) is 0 Å². The van der Waals surface area contributed by atoms with Crippen LogP contribution in [0.5, 0.6) is 0 Å². The lowest BCUT2D eigenvalue weighted by Crippen LogP contribution is -2.66. The first-order valence-electron chi connectivity index (χ1n) is 7.36. The second-order valence-corrected chi connectivity index (χ2v) is 6.99. The number of ether oxygens (including phenoxy) is 1. The number of esters is 1. The Bertz CT molecular complexity index is 377. The monoisotopic (exact) mass is 234 g/mol. The van der Waals surface area contributed by atoms with Gasteiger partial charge < -0.3 is 4.74 Å². The summed E-state index contributed by atoms with van der Waals surface area (Å²) in [7, 11) is 0. The van der Waals surface area contributed by atoms with E-state index in [9.17, 15) is 4.79 Å². The van der Waals surface area contributed by atoms with E-state index in [2.05, 4.69) is 0 Å². The van der Waals surface area contributed by atoms with E-state index in [4.69, 9.17) is 4.74 Å². The molecule has 0 heterocycles. The molecule has 4 saturated carbocycles. The number of hydrogen-bond donors (Lipinski definition) is 0. The molecule has 0 radical (unpaired) electrons. The van der Waals surface area contributed by atoms with Crippen molar-refractivity contribution >= 4 is 5.97 Å². The molecule has 0 amide bonds. The summed E-state index contributed by atoms with van der Waals surface area (Å²) in [4.78, 5) is 11.2. The minimum atomic E-state index is -0.0249. The summed E-state index contributed by atoms with van der Waals surface area (Å²) in [6.45, 7) is 2.55. The highest BCUT2D eigenvalue weighted by molar-refractivity contribution is 5.68. The number of fused-ring (bicyclic) bond motifs is 1. The highest BCUT2D eigenvalue weighted by atomic mass is 16.5. The van der Waals surface area contributed by atoms with E-state index in [1.54, 1.807) is 0 Å². The van der Waals surface area contributed by atoms with Crippen LogP contribution < -0.4 is 0 Å². The molecule has 4 rings (SSSR count). The Morgan fingerprint density at radius 1 is 1.24 bits per heavy atom. The molecule has 4 unspecified atom stereocenters. The molecule has 2 nitrogen and oxygen atoms in total. The third kappa shape index (κ3) is 1.02. The van der Waals surface area contributed by atoms with Crippen LogP contribution in [0, 0.1) is 28.6 Å². The zero-order valence-corrected chi connectivity index (χ0v) is 10.7. The van der Waals surface area contributed by atoms with Crippen LogP contribution in [0.25, 0.3) is 0 Å². The van der Waals surface area contributed by atoms with Crippen molar-refractivity contribution < 1.29 is 9.53 Å². The van der Waals surface area contributed by atoms with Crippen LogP contribution >= 0.6 is 0 Å². The Morgan fingerprint density at radius 3 is 2.82 bits per heavy atom. The van der Waals surface area contributed by atoms with Crippen LogP contribution in [0.4, 0.5) is 0 Å². The molecule has 4 aliphatic rings. The first kappa shape index (κ1) is 10.4. The molecule has 0 aromatic rings. The van der Waals surface area contributed by atoms with Crippen molar-refractivity contribution in [1.82, 2.24) is 0 Å². The highest BCUT2D eigenvalue weighted by Crippen LogP contribution is 2.87. The Kier molecular flexibility index (Phi) is 1.88. The van der Waals surface area contributed by atoms with Crippen molar-refractivity contribution in [3.8, 4) is 0 Å². The number of hydrogen-bond acceptors (Lipinski definition) is 2. The molecule has 2 heteroatoms. The van der Waals surface area contributed by atoms with Gasteiger partial charge in [-0.1, -0.05) is 6.92 Å². The molecule has 94 valence electrons. The van der Waals surface area contributed by atoms with Crippen molar-refractivity contribution in [2.45, 2.75) is 51.9 Å². The third-order valence-electron chi connectivity index (χ3n) is 6.71. The van der Waals surface area contributed by atoms with Gasteiger partial charge in [-0.25, -0.2) is 0 Å². The molecule has 0 saturated heterocycles. The fourth-order valence-corrected chi connectivity index (χ4v) is 6.30. The van der Waals surface area contributed by atoms with Crippen LogP contribution in [0.3, 0.4) is 0 Å². The quantitative estimate of drug-likeness (QED) is 0.698. The summed E-state index contributed by atoms with van der Waals surface area (Å²) in [6, 6.07) is 0. The second kappa shape index (κ2) is 3.07. The molecule has 0 aromatic carbocycles. The summed E-state index contributed by atoms with van der Waals surface area (Å²) in [5.41, 5.74) is 1.35. The Hall–Kier alpha value is -0.530. The predicted molar refractivity (Wildman–Crippen MR) is 64.3 cm³/mol. The summed E-state index contributed by atoms with van der Waals surface area (Å²) >= 11 is 0. The first-order chi connectivity index (χ1) is 8.20. The molecule has 0 N–H and O–H groups in total. The van der Waals surface area contributed by atoms with Crippen molar-refractivity contribution in [2.24, 2.45) is 28.6 Å². The van der Waals surface area contributed by atoms with Crippen LogP contribution in [0.2, 0.25) is 0 Å².